The molecule has 3 rings (SSSR count). The van der Waals surface area contributed by atoms with Gasteiger partial charge in [0.15, 0.2) is 0 Å². The Kier molecular flexibility index (Phi) is 3.82. The summed E-state index contributed by atoms with van der Waals surface area (Å²) < 4.78 is 10.9. The molecular weight excluding hydrogens is 316 g/mol. The number of aliphatic hydroxyl groups excluding tert-OH is 1. The summed E-state index contributed by atoms with van der Waals surface area (Å²) in [4.78, 5) is 23.6. The van der Waals surface area contributed by atoms with Crippen molar-refractivity contribution >= 4 is 11.9 Å². The van der Waals surface area contributed by atoms with E-state index in [-0.39, 0.29) is 6.42 Å². The predicted molar refractivity (Wildman–Crippen MR) is 81.5 cm³/mol. The Bertz CT molecular complexity index is 606. The van der Waals surface area contributed by atoms with E-state index in [1.165, 1.54) is 19.9 Å². The van der Waals surface area contributed by atoms with Crippen LogP contribution in [0.15, 0.2) is 11.6 Å². The van der Waals surface area contributed by atoms with Crippen LogP contribution in [0.25, 0.3) is 0 Å². The molecule has 24 heavy (non-hydrogen) atoms. The summed E-state index contributed by atoms with van der Waals surface area (Å²) in [6, 6.07) is 0. The van der Waals surface area contributed by atoms with E-state index in [4.69, 9.17) is 9.47 Å². The molecule has 0 aromatic heterocycles. The maximum Gasteiger partial charge on any atom is 0.309 e. The number of aliphatic hydroxyl groups is 3. The van der Waals surface area contributed by atoms with Gasteiger partial charge in [0.2, 0.25) is 0 Å². The number of hydrogen-bond acceptors (Lipinski definition) is 7. The molecule has 0 amide bonds. The monoisotopic (exact) mass is 340 g/mol. The van der Waals surface area contributed by atoms with Gasteiger partial charge in [-0.25, -0.2) is 0 Å². The van der Waals surface area contributed by atoms with Crippen molar-refractivity contribution in [2.24, 2.45) is 17.8 Å². The van der Waals surface area contributed by atoms with Crippen LogP contribution in [-0.2, 0) is 19.1 Å². The lowest BCUT2D eigenvalue weighted by Crippen LogP contribution is -2.49. The second kappa shape index (κ2) is 5.28. The zero-order chi connectivity index (χ0) is 18.0. The lowest BCUT2D eigenvalue weighted by molar-refractivity contribution is -0.155. The lowest BCUT2D eigenvalue weighted by atomic mass is 9.75. The first-order valence-corrected chi connectivity index (χ1v) is 8.19. The fourth-order valence-corrected chi connectivity index (χ4v) is 4.53. The highest BCUT2D eigenvalue weighted by Crippen LogP contribution is 2.53. The molecule has 0 radical (unpaired) electrons. The van der Waals surface area contributed by atoms with E-state index in [1.54, 1.807) is 13.8 Å². The van der Waals surface area contributed by atoms with Crippen molar-refractivity contribution in [2.45, 2.75) is 63.6 Å². The average Bonchev–Trinajstić information content (AvgIpc) is 2.80. The molecule has 0 aromatic carbocycles. The standard InChI is InChI=1S/C17H24O7/c1-7-12-10(23-8(2)18)6-16(3,21)9-5-11(19)17(4,22)13(9)14(12)24-15(7)20/h5,7,10-14,19,21-22H,6H2,1-4H3/t7-,10-,11+,12+,13-,14-,16-,17+/m0/s1. The molecule has 7 heteroatoms. The first-order chi connectivity index (χ1) is 11.0. The van der Waals surface area contributed by atoms with Gasteiger partial charge >= 0.3 is 11.9 Å². The van der Waals surface area contributed by atoms with Gasteiger partial charge in [-0.2, -0.15) is 0 Å². The summed E-state index contributed by atoms with van der Waals surface area (Å²) in [5.41, 5.74) is -2.56. The third-order valence-electron chi connectivity index (χ3n) is 5.78. The Hall–Kier alpha value is -1.44. The van der Waals surface area contributed by atoms with Crippen molar-refractivity contribution < 1.29 is 34.4 Å². The summed E-state index contributed by atoms with van der Waals surface area (Å²) >= 11 is 0. The fraction of sp³-hybridized carbons (Fsp3) is 0.765. The van der Waals surface area contributed by atoms with Gasteiger partial charge in [0.1, 0.15) is 23.9 Å². The second-order valence-corrected chi connectivity index (χ2v) is 7.66. The van der Waals surface area contributed by atoms with Gasteiger partial charge in [-0.3, -0.25) is 9.59 Å². The summed E-state index contributed by atoms with van der Waals surface area (Å²) in [5, 5.41) is 31.9. The summed E-state index contributed by atoms with van der Waals surface area (Å²) in [6.07, 6.45) is -1.17. The largest absolute Gasteiger partial charge is 0.462 e. The van der Waals surface area contributed by atoms with Crippen molar-refractivity contribution in [1.29, 1.82) is 0 Å². The smallest absolute Gasteiger partial charge is 0.309 e. The number of rotatable bonds is 1. The van der Waals surface area contributed by atoms with Gasteiger partial charge in [0.25, 0.3) is 0 Å². The molecule has 1 heterocycles. The van der Waals surface area contributed by atoms with Crippen molar-refractivity contribution in [3.05, 3.63) is 11.6 Å². The molecule has 0 bridgehead atoms. The van der Waals surface area contributed by atoms with Gasteiger partial charge in [0.05, 0.1) is 17.4 Å². The van der Waals surface area contributed by atoms with Crippen molar-refractivity contribution in [3.8, 4) is 0 Å². The van der Waals surface area contributed by atoms with E-state index < -0.39 is 59.2 Å². The highest BCUT2D eigenvalue weighted by molar-refractivity contribution is 5.75. The van der Waals surface area contributed by atoms with Crippen LogP contribution >= 0.6 is 0 Å². The van der Waals surface area contributed by atoms with Crippen LogP contribution in [0, 0.1) is 17.8 Å². The highest BCUT2D eigenvalue weighted by atomic mass is 16.6. The topological polar surface area (TPSA) is 113 Å². The Morgan fingerprint density at radius 3 is 2.58 bits per heavy atom. The lowest BCUT2D eigenvalue weighted by Gasteiger charge is -2.36. The number of carbonyl (C=O) groups is 2. The van der Waals surface area contributed by atoms with Crippen LogP contribution in [0.2, 0.25) is 0 Å². The molecule has 3 aliphatic rings. The van der Waals surface area contributed by atoms with Gasteiger partial charge in [-0.1, -0.05) is 13.0 Å². The summed E-state index contributed by atoms with van der Waals surface area (Å²) in [5.74, 6) is -2.74. The number of hydrogen-bond donors (Lipinski definition) is 3. The van der Waals surface area contributed by atoms with Gasteiger partial charge in [-0.15, -0.1) is 0 Å². The molecule has 2 aliphatic carbocycles. The van der Waals surface area contributed by atoms with Crippen molar-refractivity contribution in [2.75, 3.05) is 0 Å². The van der Waals surface area contributed by atoms with Crippen LogP contribution in [0.3, 0.4) is 0 Å². The maximum absolute atomic E-state index is 12.1. The van der Waals surface area contributed by atoms with E-state index in [0.717, 1.165) is 0 Å². The number of carbonyl (C=O) groups excluding carboxylic acids is 2. The Morgan fingerprint density at radius 1 is 1.38 bits per heavy atom. The SMILES string of the molecule is CC(=O)O[C@H]1C[C@](C)(O)C2=C[C@@H](O)[C@@](C)(O)[C@@H]2[C@H]2OC(=O)[C@@H](C)[C@@H]21. The normalized spacial score (nSPS) is 50.5. The number of fused-ring (bicyclic) bond motifs is 3. The second-order valence-electron chi connectivity index (χ2n) is 7.66. The fourth-order valence-electron chi connectivity index (χ4n) is 4.53. The third kappa shape index (κ3) is 2.37. The minimum Gasteiger partial charge on any atom is -0.462 e. The van der Waals surface area contributed by atoms with E-state index >= 15 is 0 Å². The molecule has 0 spiro atoms. The third-order valence-corrected chi connectivity index (χ3v) is 5.78. The van der Waals surface area contributed by atoms with Gasteiger partial charge in [-0.05, 0) is 19.4 Å². The average molecular weight is 340 g/mol. The molecule has 1 aliphatic heterocycles. The highest BCUT2D eigenvalue weighted by Gasteiger charge is 2.63. The first kappa shape index (κ1) is 17.4. The Morgan fingerprint density at radius 2 is 2.00 bits per heavy atom. The summed E-state index contributed by atoms with van der Waals surface area (Å²) in [6.45, 7) is 5.98. The van der Waals surface area contributed by atoms with Crippen LogP contribution in [0.4, 0.5) is 0 Å². The predicted octanol–water partition coefficient (Wildman–Crippen LogP) is -0.0814. The maximum atomic E-state index is 12.1. The van der Waals surface area contributed by atoms with Crippen LogP contribution in [-0.4, -0.2) is 56.8 Å². The Balaban J connectivity index is 2.12. The van der Waals surface area contributed by atoms with Crippen molar-refractivity contribution in [3.63, 3.8) is 0 Å². The minimum atomic E-state index is -1.59. The van der Waals surface area contributed by atoms with E-state index in [9.17, 15) is 24.9 Å². The molecule has 0 aromatic rings. The number of esters is 2. The summed E-state index contributed by atoms with van der Waals surface area (Å²) in [7, 11) is 0. The van der Waals surface area contributed by atoms with E-state index in [2.05, 4.69) is 0 Å². The molecule has 7 nitrogen and oxygen atoms in total. The zero-order valence-corrected chi connectivity index (χ0v) is 14.2. The quantitative estimate of drug-likeness (QED) is 0.452. The van der Waals surface area contributed by atoms with Crippen LogP contribution in [0.5, 0.6) is 0 Å². The minimum absolute atomic E-state index is 0.0693. The molecule has 1 saturated carbocycles. The first-order valence-electron chi connectivity index (χ1n) is 8.19. The molecule has 8 atom stereocenters. The van der Waals surface area contributed by atoms with Gasteiger partial charge < -0.3 is 24.8 Å². The van der Waals surface area contributed by atoms with E-state index in [1.807, 2.05) is 0 Å². The van der Waals surface area contributed by atoms with Gasteiger partial charge in [0, 0.05) is 19.3 Å². The zero-order valence-electron chi connectivity index (χ0n) is 14.2. The number of ether oxygens (including phenoxy) is 2. The van der Waals surface area contributed by atoms with Crippen molar-refractivity contribution in [1.82, 2.24) is 0 Å². The molecule has 3 N–H and O–H groups in total. The Labute approximate surface area is 140 Å². The molecular formula is C17H24O7. The molecule has 2 fully saturated rings. The van der Waals surface area contributed by atoms with Crippen LogP contribution in [0.1, 0.15) is 34.1 Å². The van der Waals surface area contributed by atoms with E-state index in [0.29, 0.717) is 5.57 Å². The molecule has 0 unspecified atom stereocenters. The van der Waals surface area contributed by atoms with Crippen LogP contribution < -0.4 is 0 Å². The molecule has 134 valence electrons. The molecule has 1 saturated heterocycles.